The highest BCUT2D eigenvalue weighted by Gasteiger charge is 2.35. The molecule has 0 spiro atoms. The highest BCUT2D eigenvalue weighted by molar-refractivity contribution is 5.86. The average molecular weight is 469 g/mol. The topological polar surface area (TPSA) is 41.6 Å². The Kier molecular flexibility index (Phi) is 7.37. The third-order valence-corrected chi connectivity index (χ3v) is 7.49. The van der Waals surface area contributed by atoms with Crippen LogP contribution in [0.1, 0.15) is 79.5 Å². The van der Waals surface area contributed by atoms with E-state index in [0.717, 1.165) is 44.5 Å². The molecule has 4 heteroatoms. The Morgan fingerprint density at radius 2 is 1.43 bits per heavy atom. The van der Waals surface area contributed by atoms with Crippen molar-refractivity contribution in [2.75, 3.05) is 29.9 Å². The van der Waals surface area contributed by atoms with Gasteiger partial charge in [0.2, 0.25) is 0 Å². The van der Waals surface area contributed by atoms with E-state index < -0.39 is 0 Å². The second kappa shape index (κ2) is 11.0. The van der Waals surface area contributed by atoms with E-state index in [-0.39, 0.29) is 6.09 Å². The summed E-state index contributed by atoms with van der Waals surface area (Å²) in [5, 5.41) is 3.06. The van der Waals surface area contributed by atoms with E-state index in [1.54, 1.807) is 0 Å². The molecule has 0 aliphatic carbocycles. The van der Waals surface area contributed by atoms with Crippen LogP contribution in [-0.2, 0) is 4.74 Å². The minimum Gasteiger partial charge on any atom is -0.449 e. The largest absolute Gasteiger partial charge is 0.449 e. The van der Waals surface area contributed by atoms with Crippen LogP contribution in [-0.4, -0.2) is 25.8 Å². The SMILES string of the molecule is CCCCCCOC(=O)Nc1cc2c3c(c1)C(c1ccccc1)CCN3CCC2c1ccccc1. The molecule has 5 rings (SSSR count). The summed E-state index contributed by atoms with van der Waals surface area (Å²) in [5.41, 5.74) is 7.52. The number of amides is 1. The molecule has 4 nitrogen and oxygen atoms in total. The van der Waals surface area contributed by atoms with Crippen LogP contribution in [0.15, 0.2) is 72.8 Å². The van der Waals surface area contributed by atoms with Gasteiger partial charge in [-0.15, -0.1) is 0 Å². The minimum atomic E-state index is -0.357. The molecule has 3 aromatic rings. The van der Waals surface area contributed by atoms with Gasteiger partial charge in [0.15, 0.2) is 0 Å². The number of hydrogen-bond donors (Lipinski definition) is 1. The van der Waals surface area contributed by atoms with Gasteiger partial charge >= 0.3 is 6.09 Å². The lowest BCUT2D eigenvalue weighted by molar-refractivity contribution is 0.159. The number of rotatable bonds is 8. The number of nitrogens with zero attached hydrogens (tertiary/aromatic N) is 1. The number of ether oxygens (including phenoxy) is 1. The summed E-state index contributed by atoms with van der Waals surface area (Å²) in [6, 6.07) is 26.0. The first-order chi connectivity index (χ1) is 17.2. The summed E-state index contributed by atoms with van der Waals surface area (Å²) in [6.45, 7) is 4.78. The van der Waals surface area contributed by atoms with Gasteiger partial charge < -0.3 is 9.64 Å². The minimum absolute atomic E-state index is 0.322. The molecular weight excluding hydrogens is 432 g/mol. The van der Waals surface area contributed by atoms with Gasteiger partial charge in [-0.05, 0) is 53.6 Å². The molecule has 0 fully saturated rings. The van der Waals surface area contributed by atoms with Crippen molar-refractivity contribution in [2.24, 2.45) is 0 Å². The number of carbonyl (C=O) groups excluding carboxylic acids is 1. The van der Waals surface area contributed by atoms with Crippen molar-refractivity contribution >= 4 is 17.5 Å². The molecular formula is C31H36N2O2. The van der Waals surface area contributed by atoms with Crippen LogP contribution < -0.4 is 10.2 Å². The zero-order valence-electron chi connectivity index (χ0n) is 20.7. The number of nitrogens with one attached hydrogen (secondary N) is 1. The third-order valence-electron chi connectivity index (χ3n) is 7.49. The summed E-state index contributed by atoms with van der Waals surface area (Å²) in [7, 11) is 0. The average Bonchev–Trinajstić information content (AvgIpc) is 2.90. The fraction of sp³-hybridized carbons (Fsp3) is 0.387. The lowest BCUT2D eigenvalue weighted by Gasteiger charge is -2.43. The maximum absolute atomic E-state index is 12.7. The highest BCUT2D eigenvalue weighted by atomic mass is 16.5. The molecule has 1 N–H and O–H groups in total. The van der Waals surface area contributed by atoms with E-state index in [1.807, 2.05) is 0 Å². The van der Waals surface area contributed by atoms with Gasteiger partial charge in [0.05, 0.1) is 6.61 Å². The molecule has 35 heavy (non-hydrogen) atoms. The Hall–Kier alpha value is -3.27. The van der Waals surface area contributed by atoms with Crippen molar-refractivity contribution in [2.45, 2.75) is 57.3 Å². The molecule has 0 aromatic heterocycles. The second-order valence-electron chi connectivity index (χ2n) is 9.82. The van der Waals surface area contributed by atoms with Gasteiger partial charge in [-0.3, -0.25) is 5.32 Å². The quantitative estimate of drug-likeness (QED) is 0.345. The predicted octanol–water partition coefficient (Wildman–Crippen LogP) is 7.69. The van der Waals surface area contributed by atoms with E-state index >= 15 is 0 Å². The second-order valence-corrected chi connectivity index (χ2v) is 9.82. The lowest BCUT2D eigenvalue weighted by Crippen LogP contribution is -2.37. The highest BCUT2D eigenvalue weighted by Crippen LogP contribution is 2.49. The van der Waals surface area contributed by atoms with Crippen LogP contribution in [0.2, 0.25) is 0 Å². The van der Waals surface area contributed by atoms with Crippen molar-refractivity contribution in [1.29, 1.82) is 0 Å². The molecule has 2 heterocycles. The maximum Gasteiger partial charge on any atom is 0.411 e. The van der Waals surface area contributed by atoms with Crippen molar-refractivity contribution < 1.29 is 9.53 Å². The first kappa shape index (κ1) is 23.5. The zero-order chi connectivity index (χ0) is 24.0. The normalized spacial score (nSPS) is 18.6. The predicted molar refractivity (Wildman–Crippen MR) is 144 cm³/mol. The van der Waals surface area contributed by atoms with E-state index in [1.165, 1.54) is 40.8 Å². The molecule has 3 aromatic carbocycles. The first-order valence-electron chi connectivity index (χ1n) is 13.2. The van der Waals surface area contributed by atoms with Gasteiger partial charge in [0.1, 0.15) is 0 Å². The van der Waals surface area contributed by atoms with Gasteiger partial charge in [-0.1, -0.05) is 86.8 Å². The van der Waals surface area contributed by atoms with Crippen LogP contribution in [0.4, 0.5) is 16.2 Å². The Balaban J connectivity index is 1.49. The van der Waals surface area contributed by atoms with Crippen LogP contribution in [0.3, 0.4) is 0 Å². The smallest absolute Gasteiger partial charge is 0.411 e. The summed E-state index contributed by atoms with van der Waals surface area (Å²) in [6.07, 6.45) is 6.17. The van der Waals surface area contributed by atoms with Crippen molar-refractivity contribution in [3.63, 3.8) is 0 Å². The number of carbonyl (C=O) groups is 1. The molecule has 0 saturated carbocycles. The summed E-state index contributed by atoms with van der Waals surface area (Å²) in [4.78, 5) is 15.2. The maximum atomic E-state index is 12.7. The Morgan fingerprint density at radius 1 is 0.857 bits per heavy atom. The van der Waals surface area contributed by atoms with Crippen LogP contribution in [0, 0.1) is 0 Å². The third kappa shape index (κ3) is 5.22. The lowest BCUT2D eigenvalue weighted by atomic mass is 9.76. The number of anilines is 2. The summed E-state index contributed by atoms with van der Waals surface area (Å²) < 4.78 is 5.51. The summed E-state index contributed by atoms with van der Waals surface area (Å²) >= 11 is 0. The van der Waals surface area contributed by atoms with E-state index in [2.05, 4.69) is 89.9 Å². The van der Waals surface area contributed by atoms with Gasteiger partial charge in [0, 0.05) is 36.3 Å². The van der Waals surface area contributed by atoms with Gasteiger partial charge in [0.25, 0.3) is 0 Å². The van der Waals surface area contributed by atoms with Crippen LogP contribution in [0.5, 0.6) is 0 Å². The first-order valence-corrected chi connectivity index (χ1v) is 13.2. The van der Waals surface area contributed by atoms with Crippen molar-refractivity contribution in [1.82, 2.24) is 0 Å². The zero-order valence-corrected chi connectivity index (χ0v) is 20.7. The van der Waals surface area contributed by atoms with Gasteiger partial charge in [-0.2, -0.15) is 0 Å². The molecule has 2 atom stereocenters. The van der Waals surface area contributed by atoms with Crippen molar-refractivity contribution in [3.8, 4) is 0 Å². The standard InChI is InChI=1S/C31H36N2O2/c1-2-3-4-11-20-35-31(34)32-25-21-28-26(23-12-7-5-8-13-23)16-18-33-19-17-27(29(22-25)30(28)33)24-14-9-6-10-15-24/h5-10,12-15,21-22,26-27H,2-4,11,16-20H2,1H3,(H,32,34). The Morgan fingerprint density at radius 3 is 1.97 bits per heavy atom. The van der Waals surface area contributed by atoms with Crippen LogP contribution in [0.25, 0.3) is 0 Å². The molecule has 0 radical (unpaired) electrons. The van der Waals surface area contributed by atoms with E-state index in [9.17, 15) is 4.79 Å². The molecule has 1 amide bonds. The molecule has 0 saturated heterocycles. The Bertz CT molecular complexity index is 1060. The molecule has 182 valence electrons. The summed E-state index contributed by atoms with van der Waals surface area (Å²) in [5.74, 6) is 0.644. The number of hydrogen-bond acceptors (Lipinski definition) is 3. The number of unbranched alkanes of at least 4 members (excludes halogenated alkanes) is 3. The van der Waals surface area contributed by atoms with E-state index in [0.29, 0.717) is 18.4 Å². The monoisotopic (exact) mass is 468 g/mol. The van der Waals surface area contributed by atoms with E-state index in [4.69, 9.17) is 4.74 Å². The fourth-order valence-electron chi connectivity index (χ4n) is 5.78. The van der Waals surface area contributed by atoms with Crippen LogP contribution >= 0.6 is 0 Å². The fourth-order valence-corrected chi connectivity index (χ4v) is 5.78. The molecule has 2 unspecified atom stereocenters. The molecule has 0 bridgehead atoms. The molecule has 2 aliphatic rings. The number of benzene rings is 3. The Labute approximate surface area is 209 Å². The molecule has 2 aliphatic heterocycles. The van der Waals surface area contributed by atoms with Crippen molar-refractivity contribution in [3.05, 3.63) is 95.1 Å². The van der Waals surface area contributed by atoms with Gasteiger partial charge in [-0.25, -0.2) is 4.79 Å².